The first-order valence-electron chi connectivity index (χ1n) is 32.9. The molecule has 15 rings (SSSR count). The Morgan fingerprint density at radius 3 is 1.32 bits per heavy atom. The highest BCUT2D eigenvalue weighted by Crippen LogP contribution is 2.50. The third-order valence-corrected chi connectivity index (χ3v) is 20.5. The Balaban J connectivity index is 1.08. The summed E-state index contributed by atoms with van der Waals surface area (Å²) >= 11 is 0. The normalized spacial score (nSPS) is 14.2. The fraction of sp³-hybridized carbons (Fsp3) is 0.286. The lowest BCUT2D eigenvalue weighted by molar-refractivity contribution is 0.487. The lowest BCUT2D eigenvalue weighted by Gasteiger charge is -2.45. The van der Waals surface area contributed by atoms with Gasteiger partial charge in [-0.1, -0.05) is 206 Å². The van der Waals surface area contributed by atoms with E-state index in [1.807, 2.05) is 0 Å². The van der Waals surface area contributed by atoms with Crippen LogP contribution in [0, 0.1) is 27.7 Å². The smallest absolute Gasteiger partial charge is 0.256 e. The number of ether oxygens (including phenoxy) is 1. The zero-order valence-electron chi connectivity index (χ0n) is 56.6. The molecule has 0 saturated carbocycles. The minimum Gasteiger partial charge on any atom is -0.458 e. The maximum Gasteiger partial charge on any atom is 0.256 e. The second-order valence-corrected chi connectivity index (χ2v) is 32.2. The van der Waals surface area contributed by atoms with Crippen LogP contribution in [0.2, 0.25) is 0 Å². The molecule has 4 aliphatic heterocycles. The largest absolute Gasteiger partial charge is 0.458 e. The minimum atomic E-state index is -0.144. The summed E-state index contributed by atoms with van der Waals surface area (Å²) < 4.78 is 10.4. The molecule has 1 aromatic heterocycles. The maximum absolute atomic E-state index is 7.83. The van der Waals surface area contributed by atoms with Crippen LogP contribution in [0.1, 0.15) is 154 Å². The number of anilines is 6. The van der Waals surface area contributed by atoms with Gasteiger partial charge in [-0.2, -0.15) is 0 Å². The van der Waals surface area contributed by atoms with Crippen molar-refractivity contribution in [1.29, 1.82) is 0 Å². The first-order chi connectivity index (χ1) is 42.4. The van der Waals surface area contributed by atoms with Crippen molar-refractivity contribution in [2.75, 3.05) is 9.80 Å². The van der Waals surface area contributed by atoms with Gasteiger partial charge in [-0.25, -0.2) is 0 Å². The van der Waals surface area contributed by atoms with E-state index in [1.165, 1.54) is 144 Å². The Labute approximate surface area is 536 Å². The SMILES string of the molecule is Cc1ccc(-c2cc3c4c(c2)N(c2ccc(C(C)(C)C)cc2)c2cc5c(cc2B4c2cc(C(C)(C)C)ccc2N3c2ccc(C(C)(C)C)cc2)B2c3c(cc(-c4ccc(C)cc4C)cc3-n3c4ccc(C(C)(C)C)cc4c4cc(C(C)(C)C)cc2c43)O5)c(C)c1. The topological polar surface area (TPSA) is 20.6 Å². The van der Waals surface area contributed by atoms with E-state index in [0.29, 0.717) is 0 Å². The van der Waals surface area contributed by atoms with Crippen molar-refractivity contribution in [2.24, 2.45) is 0 Å². The molecule has 448 valence electrons. The number of nitrogens with zero attached hydrogens (tertiary/aromatic N) is 3. The van der Waals surface area contributed by atoms with Crippen LogP contribution >= 0.6 is 0 Å². The van der Waals surface area contributed by atoms with E-state index in [-0.39, 0.29) is 40.5 Å². The summed E-state index contributed by atoms with van der Waals surface area (Å²) in [6.07, 6.45) is 0. The van der Waals surface area contributed by atoms with E-state index in [2.05, 4.69) is 316 Å². The first-order valence-corrected chi connectivity index (χ1v) is 32.9. The average molecular weight is 1170 g/mol. The van der Waals surface area contributed by atoms with Crippen LogP contribution in [0.15, 0.2) is 170 Å². The molecule has 6 heteroatoms. The van der Waals surface area contributed by atoms with Crippen molar-refractivity contribution in [2.45, 2.75) is 159 Å². The van der Waals surface area contributed by atoms with E-state index in [9.17, 15) is 0 Å². The Kier molecular flexibility index (Phi) is 12.6. The van der Waals surface area contributed by atoms with Crippen molar-refractivity contribution in [3.8, 4) is 39.4 Å². The molecule has 90 heavy (non-hydrogen) atoms. The molecule has 0 unspecified atom stereocenters. The molecule has 10 aromatic carbocycles. The number of hydrogen-bond acceptors (Lipinski definition) is 3. The number of hydrogen-bond donors (Lipinski definition) is 0. The molecule has 4 aliphatic rings. The van der Waals surface area contributed by atoms with Gasteiger partial charge < -0.3 is 19.1 Å². The predicted octanol–water partition coefficient (Wildman–Crippen LogP) is 18.9. The summed E-state index contributed by atoms with van der Waals surface area (Å²) in [5.41, 5.74) is 34.5. The second kappa shape index (κ2) is 19.5. The Bertz CT molecular complexity index is 4870. The molecule has 11 aromatic rings. The van der Waals surface area contributed by atoms with E-state index in [4.69, 9.17) is 4.74 Å². The number of aromatic nitrogens is 1. The van der Waals surface area contributed by atoms with Crippen LogP contribution in [-0.4, -0.2) is 18.0 Å². The summed E-state index contributed by atoms with van der Waals surface area (Å²) in [5, 5.41) is 2.60. The van der Waals surface area contributed by atoms with Crippen LogP contribution in [-0.2, 0) is 27.1 Å². The van der Waals surface area contributed by atoms with Gasteiger partial charge in [0.25, 0.3) is 13.4 Å². The summed E-state index contributed by atoms with van der Waals surface area (Å²) in [4.78, 5) is 5.20. The minimum absolute atomic E-state index is 0.00305. The molecule has 0 bridgehead atoms. The molecular formula is C84H85B2N3O. The highest BCUT2D eigenvalue weighted by atomic mass is 16.5. The third kappa shape index (κ3) is 8.99. The van der Waals surface area contributed by atoms with Crippen molar-refractivity contribution in [1.82, 2.24) is 4.57 Å². The molecule has 0 amide bonds. The van der Waals surface area contributed by atoms with Crippen molar-refractivity contribution < 1.29 is 4.74 Å². The average Bonchev–Trinajstić information content (AvgIpc) is 1.18. The van der Waals surface area contributed by atoms with Gasteiger partial charge in [0.15, 0.2) is 0 Å². The molecule has 0 saturated heterocycles. The number of benzene rings is 10. The van der Waals surface area contributed by atoms with E-state index in [1.54, 1.807) is 0 Å². The van der Waals surface area contributed by atoms with Gasteiger partial charge >= 0.3 is 0 Å². The summed E-state index contributed by atoms with van der Waals surface area (Å²) in [7, 11) is 0. The predicted molar refractivity (Wildman–Crippen MR) is 389 cm³/mol. The van der Waals surface area contributed by atoms with Gasteiger partial charge in [0.1, 0.15) is 11.5 Å². The van der Waals surface area contributed by atoms with Crippen LogP contribution in [0.5, 0.6) is 11.5 Å². The molecule has 0 spiro atoms. The van der Waals surface area contributed by atoms with E-state index < -0.39 is 0 Å². The van der Waals surface area contributed by atoms with E-state index >= 15 is 0 Å². The molecule has 0 atom stereocenters. The zero-order valence-corrected chi connectivity index (χ0v) is 56.6. The van der Waals surface area contributed by atoms with Gasteiger partial charge in [-0.3, -0.25) is 0 Å². The number of fused-ring (bicyclic) bond motifs is 11. The van der Waals surface area contributed by atoms with Crippen molar-refractivity contribution in [3.63, 3.8) is 0 Å². The number of rotatable bonds is 4. The molecule has 5 heterocycles. The lowest BCUT2D eigenvalue weighted by atomic mass is 9.30. The van der Waals surface area contributed by atoms with Crippen LogP contribution in [0.3, 0.4) is 0 Å². The van der Waals surface area contributed by atoms with Crippen molar-refractivity contribution in [3.05, 3.63) is 220 Å². The van der Waals surface area contributed by atoms with Gasteiger partial charge in [0, 0.05) is 62.2 Å². The number of aryl methyl sites for hydroxylation is 4. The molecule has 0 fully saturated rings. The van der Waals surface area contributed by atoms with Crippen LogP contribution in [0.25, 0.3) is 49.7 Å². The quantitative estimate of drug-likeness (QED) is 0.164. The van der Waals surface area contributed by atoms with Gasteiger partial charge in [0.05, 0.1) is 5.52 Å². The summed E-state index contributed by atoms with van der Waals surface area (Å²) in [6.45, 7) is 43.8. The van der Waals surface area contributed by atoms with Crippen LogP contribution < -0.4 is 47.3 Å². The van der Waals surface area contributed by atoms with Crippen molar-refractivity contribution >= 4 is 102 Å². The molecule has 0 aliphatic carbocycles. The first kappa shape index (κ1) is 57.9. The lowest BCUT2D eigenvalue weighted by Crippen LogP contribution is -2.64. The monoisotopic (exact) mass is 1170 g/mol. The second-order valence-electron chi connectivity index (χ2n) is 32.2. The van der Waals surface area contributed by atoms with Gasteiger partial charge in [-0.15, -0.1) is 0 Å². The fourth-order valence-corrected chi connectivity index (χ4v) is 15.5. The highest BCUT2D eigenvalue weighted by Gasteiger charge is 2.48. The van der Waals surface area contributed by atoms with Gasteiger partial charge in [0.2, 0.25) is 0 Å². The summed E-state index contributed by atoms with van der Waals surface area (Å²) in [6, 6.07) is 67.5. The van der Waals surface area contributed by atoms with Crippen LogP contribution in [0.4, 0.5) is 34.1 Å². The molecule has 0 N–H and O–H groups in total. The Hall–Kier alpha value is -8.47. The Morgan fingerprint density at radius 2 is 0.778 bits per heavy atom. The molecule has 0 radical (unpaired) electrons. The van der Waals surface area contributed by atoms with E-state index in [0.717, 1.165) is 34.1 Å². The summed E-state index contributed by atoms with van der Waals surface area (Å²) in [5.74, 6) is 1.81. The Morgan fingerprint density at radius 1 is 0.322 bits per heavy atom. The fourth-order valence-electron chi connectivity index (χ4n) is 15.5. The molecule has 4 nitrogen and oxygen atoms in total. The van der Waals surface area contributed by atoms with Gasteiger partial charge in [-0.05, 0) is 222 Å². The molecular weight excluding hydrogens is 1090 g/mol. The highest BCUT2D eigenvalue weighted by molar-refractivity contribution is 7.02. The maximum atomic E-state index is 7.83. The standard InChI is InChI=1S/C84H85B2N3O/c1-48-20-32-61(50(3)36-48)52-38-72-77-73(39-52)88(60-30-24-55(25-31-60)81(8,9)10)71-47-75-67(46-66(71)85(77)65-44-57(83(14,15)16)27-35-70(65)87(72)59-28-22-54(23-29-59)80(5,6)7)86-68-45-58(84(17,18)19)43-64-63-42-56(82(11,12)13)26-34-69(63)89(79(64)68)74-40-53(41-76(90-75)78(74)86)62-33-21-49(2)37-51(62)4/h20-47H,1-19H3. The third-order valence-electron chi connectivity index (χ3n) is 20.5. The zero-order chi connectivity index (χ0) is 63.4.